The molecule has 7 nitrogen and oxygen atoms in total. The van der Waals surface area contributed by atoms with Crippen LogP contribution in [0.1, 0.15) is 15.9 Å². The number of benzene rings is 2. The molecular weight excluding hydrogens is 384 g/mol. The highest BCUT2D eigenvalue weighted by molar-refractivity contribution is 6.30. The van der Waals surface area contributed by atoms with Gasteiger partial charge in [0.05, 0.1) is 0 Å². The van der Waals surface area contributed by atoms with Gasteiger partial charge in [-0.2, -0.15) is 0 Å². The summed E-state index contributed by atoms with van der Waals surface area (Å²) in [5, 5.41) is 15.5. The lowest BCUT2D eigenvalue weighted by Gasteiger charge is -2.34. The Kier molecular flexibility index (Phi) is 7.98. The minimum Gasteiger partial charge on any atom is -0.473 e. The molecule has 2 aromatic rings. The van der Waals surface area contributed by atoms with E-state index in [0.29, 0.717) is 0 Å². The minimum absolute atomic E-state index is 0.131. The molecule has 0 unspecified atom stereocenters. The van der Waals surface area contributed by atoms with E-state index >= 15 is 0 Å². The van der Waals surface area contributed by atoms with Crippen molar-refractivity contribution in [3.8, 4) is 0 Å². The first-order valence-electron chi connectivity index (χ1n) is 8.64. The molecule has 0 spiro atoms. The number of hydrogen-bond acceptors (Lipinski definition) is 4. The van der Waals surface area contributed by atoms with Crippen molar-refractivity contribution < 1.29 is 24.6 Å². The summed E-state index contributed by atoms with van der Waals surface area (Å²) >= 11 is 5.91. The van der Waals surface area contributed by atoms with Gasteiger partial charge in [0.2, 0.25) is 0 Å². The predicted molar refractivity (Wildman–Crippen MR) is 104 cm³/mol. The molecule has 0 bridgehead atoms. The molecule has 0 aliphatic carbocycles. The predicted octanol–water partition coefficient (Wildman–Crippen LogP) is 2.45. The third kappa shape index (κ3) is 6.68. The van der Waals surface area contributed by atoms with Crippen LogP contribution < -0.4 is 0 Å². The summed E-state index contributed by atoms with van der Waals surface area (Å²) < 4.78 is 0. The van der Waals surface area contributed by atoms with E-state index in [1.165, 1.54) is 5.56 Å². The Bertz CT molecular complexity index is 791. The van der Waals surface area contributed by atoms with Crippen LogP contribution in [0.25, 0.3) is 0 Å². The largest absolute Gasteiger partial charge is 0.473 e. The fourth-order valence-corrected chi connectivity index (χ4v) is 2.85. The van der Waals surface area contributed by atoms with E-state index in [0.717, 1.165) is 43.3 Å². The summed E-state index contributed by atoms with van der Waals surface area (Å²) in [6.07, 6.45) is 0. The van der Waals surface area contributed by atoms with Crippen molar-refractivity contribution >= 4 is 29.4 Å². The molecule has 1 aliphatic rings. The molecular formula is C20H21ClN2O5. The Hall–Kier alpha value is -2.90. The number of carboxylic acid groups (broad SMARTS) is 2. The number of aliphatic carboxylic acids is 2. The summed E-state index contributed by atoms with van der Waals surface area (Å²) in [6.45, 7) is 4.27. The molecule has 1 saturated heterocycles. The molecule has 1 fully saturated rings. The smallest absolute Gasteiger partial charge is 0.414 e. The van der Waals surface area contributed by atoms with Crippen LogP contribution in [-0.4, -0.2) is 64.0 Å². The SMILES string of the molecule is O=C(O)C(=O)O.O=C(c1ccccc1)N1CCN(Cc2ccc(Cl)cc2)CC1. The molecule has 2 N–H and O–H groups in total. The zero-order chi connectivity index (χ0) is 20.5. The molecule has 0 radical (unpaired) electrons. The lowest BCUT2D eigenvalue weighted by molar-refractivity contribution is -0.159. The molecule has 0 atom stereocenters. The Morgan fingerprint density at radius 2 is 1.36 bits per heavy atom. The third-order valence-corrected chi connectivity index (χ3v) is 4.43. The van der Waals surface area contributed by atoms with Crippen LogP contribution >= 0.6 is 11.6 Å². The third-order valence-electron chi connectivity index (χ3n) is 4.18. The van der Waals surface area contributed by atoms with Crippen molar-refractivity contribution in [3.05, 3.63) is 70.7 Å². The zero-order valence-corrected chi connectivity index (χ0v) is 15.9. The lowest BCUT2D eigenvalue weighted by atomic mass is 10.1. The van der Waals surface area contributed by atoms with Crippen LogP contribution in [0.4, 0.5) is 0 Å². The maximum absolute atomic E-state index is 12.4. The van der Waals surface area contributed by atoms with Gasteiger partial charge < -0.3 is 15.1 Å². The summed E-state index contributed by atoms with van der Waals surface area (Å²) in [4.78, 5) is 34.9. The molecule has 0 saturated carbocycles. The number of halogens is 1. The molecule has 148 valence electrons. The molecule has 1 amide bonds. The molecule has 8 heteroatoms. The monoisotopic (exact) mass is 404 g/mol. The number of carbonyl (C=O) groups excluding carboxylic acids is 1. The summed E-state index contributed by atoms with van der Waals surface area (Å²) in [7, 11) is 0. The van der Waals surface area contributed by atoms with Crippen LogP contribution in [0.5, 0.6) is 0 Å². The number of piperazine rings is 1. The summed E-state index contributed by atoms with van der Waals surface area (Å²) in [5.41, 5.74) is 2.03. The fourth-order valence-electron chi connectivity index (χ4n) is 2.72. The van der Waals surface area contributed by atoms with Gasteiger partial charge in [0.25, 0.3) is 5.91 Å². The first kappa shape index (κ1) is 21.4. The van der Waals surface area contributed by atoms with E-state index < -0.39 is 11.9 Å². The average molecular weight is 405 g/mol. The lowest BCUT2D eigenvalue weighted by Crippen LogP contribution is -2.48. The average Bonchev–Trinajstić information content (AvgIpc) is 2.71. The van der Waals surface area contributed by atoms with Gasteiger partial charge in [0.15, 0.2) is 0 Å². The van der Waals surface area contributed by atoms with Crippen molar-refractivity contribution in [2.24, 2.45) is 0 Å². The van der Waals surface area contributed by atoms with Crippen LogP contribution in [-0.2, 0) is 16.1 Å². The number of rotatable bonds is 3. The Morgan fingerprint density at radius 3 is 1.86 bits per heavy atom. The van der Waals surface area contributed by atoms with Crippen molar-refractivity contribution in [3.63, 3.8) is 0 Å². The molecule has 3 rings (SSSR count). The Morgan fingerprint density at radius 1 is 0.821 bits per heavy atom. The second kappa shape index (κ2) is 10.4. The highest BCUT2D eigenvalue weighted by Crippen LogP contribution is 2.14. The second-order valence-corrected chi connectivity index (χ2v) is 6.61. The summed E-state index contributed by atoms with van der Waals surface area (Å²) in [6, 6.07) is 17.5. The van der Waals surface area contributed by atoms with Gasteiger partial charge in [-0.15, -0.1) is 0 Å². The maximum atomic E-state index is 12.4. The van der Waals surface area contributed by atoms with E-state index in [1.807, 2.05) is 47.4 Å². The number of carboxylic acids is 2. The minimum atomic E-state index is -1.82. The number of carbonyl (C=O) groups is 3. The van der Waals surface area contributed by atoms with Gasteiger partial charge in [0.1, 0.15) is 0 Å². The van der Waals surface area contributed by atoms with E-state index in [9.17, 15) is 4.79 Å². The zero-order valence-electron chi connectivity index (χ0n) is 15.1. The molecule has 28 heavy (non-hydrogen) atoms. The number of amides is 1. The fraction of sp³-hybridized carbons (Fsp3) is 0.250. The highest BCUT2D eigenvalue weighted by atomic mass is 35.5. The number of hydrogen-bond donors (Lipinski definition) is 2. The quantitative estimate of drug-likeness (QED) is 0.762. The Balaban J connectivity index is 0.000000409. The first-order chi connectivity index (χ1) is 13.4. The van der Waals surface area contributed by atoms with Crippen LogP contribution in [0.15, 0.2) is 54.6 Å². The molecule has 0 aromatic heterocycles. The van der Waals surface area contributed by atoms with Crippen molar-refractivity contribution in [1.29, 1.82) is 0 Å². The van der Waals surface area contributed by atoms with Gasteiger partial charge in [-0.3, -0.25) is 9.69 Å². The summed E-state index contributed by atoms with van der Waals surface area (Å²) in [5.74, 6) is -3.52. The van der Waals surface area contributed by atoms with Gasteiger partial charge in [-0.25, -0.2) is 9.59 Å². The van der Waals surface area contributed by atoms with Crippen molar-refractivity contribution in [2.75, 3.05) is 26.2 Å². The van der Waals surface area contributed by atoms with Crippen molar-refractivity contribution in [1.82, 2.24) is 9.80 Å². The number of nitrogens with zero attached hydrogens (tertiary/aromatic N) is 2. The topological polar surface area (TPSA) is 98.1 Å². The van der Waals surface area contributed by atoms with E-state index in [-0.39, 0.29) is 5.91 Å². The highest BCUT2D eigenvalue weighted by Gasteiger charge is 2.21. The Labute approximate surface area is 167 Å². The normalized spacial score (nSPS) is 14.0. The first-order valence-corrected chi connectivity index (χ1v) is 9.02. The molecule has 1 aliphatic heterocycles. The van der Waals surface area contributed by atoms with Crippen LogP contribution in [0.3, 0.4) is 0 Å². The molecule has 2 aromatic carbocycles. The van der Waals surface area contributed by atoms with E-state index in [2.05, 4.69) is 17.0 Å². The van der Waals surface area contributed by atoms with Gasteiger partial charge in [-0.1, -0.05) is 41.9 Å². The van der Waals surface area contributed by atoms with Crippen LogP contribution in [0, 0.1) is 0 Å². The van der Waals surface area contributed by atoms with E-state index in [1.54, 1.807) is 0 Å². The molecule has 1 heterocycles. The van der Waals surface area contributed by atoms with Crippen molar-refractivity contribution in [2.45, 2.75) is 6.54 Å². The van der Waals surface area contributed by atoms with Crippen LogP contribution in [0.2, 0.25) is 5.02 Å². The van der Waals surface area contributed by atoms with Gasteiger partial charge in [-0.05, 0) is 29.8 Å². The van der Waals surface area contributed by atoms with Gasteiger partial charge in [0, 0.05) is 43.3 Å². The van der Waals surface area contributed by atoms with E-state index in [4.69, 9.17) is 31.4 Å². The standard InChI is InChI=1S/C18H19ClN2O.C2H2O4/c19-17-8-6-15(7-9-17)14-20-10-12-21(13-11-20)18(22)16-4-2-1-3-5-16;3-1(4)2(5)6/h1-9H,10-14H2;(H,3,4)(H,5,6). The second-order valence-electron chi connectivity index (χ2n) is 6.17. The van der Waals surface area contributed by atoms with Gasteiger partial charge >= 0.3 is 11.9 Å². The maximum Gasteiger partial charge on any atom is 0.414 e.